The number of nitrogens with one attached hydrogen (secondary N) is 2. The second-order valence-corrected chi connectivity index (χ2v) is 9.54. The summed E-state index contributed by atoms with van der Waals surface area (Å²) in [5.74, 6) is -0.354. The van der Waals surface area contributed by atoms with Crippen LogP contribution in [-0.4, -0.2) is 68.4 Å². The lowest BCUT2D eigenvalue weighted by Crippen LogP contribution is -2.45. The largest absolute Gasteiger partial charge is 0.573 e. The molecule has 0 aliphatic carbocycles. The minimum atomic E-state index is -4.71. The van der Waals surface area contributed by atoms with Gasteiger partial charge >= 0.3 is 6.36 Å². The second-order valence-electron chi connectivity index (χ2n) is 9.54. The Bertz CT molecular complexity index is 1250. The summed E-state index contributed by atoms with van der Waals surface area (Å²) >= 11 is 0. The molecule has 1 heterocycles. The number of piperazine rings is 1. The Morgan fingerprint density at radius 3 is 2.28 bits per heavy atom. The topological polar surface area (TPSA) is 56.8 Å². The van der Waals surface area contributed by atoms with Gasteiger partial charge in [0.2, 0.25) is 0 Å². The van der Waals surface area contributed by atoms with Crippen molar-refractivity contribution in [3.63, 3.8) is 0 Å². The maximum atomic E-state index is 12.7. The number of benzene rings is 3. The molecular weight excluding hydrogens is 505 g/mol. The van der Waals surface area contributed by atoms with Crippen molar-refractivity contribution in [2.45, 2.75) is 12.8 Å². The molecule has 6 nitrogen and oxygen atoms in total. The molecule has 1 aliphatic rings. The summed E-state index contributed by atoms with van der Waals surface area (Å²) < 4.78 is 40.9. The van der Waals surface area contributed by atoms with Crippen LogP contribution < -0.4 is 15.4 Å². The molecule has 0 bridgehead atoms. The highest BCUT2D eigenvalue weighted by molar-refractivity contribution is 5.95. The van der Waals surface area contributed by atoms with E-state index in [-0.39, 0.29) is 11.7 Å². The minimum absolute atomic E-state index is 0.0969. The van der Waals surface area contributed by atoms with Crippen molar-refractivity contribution < 1.29 is 22.7 Å². The average molecular weight is 539 g/mol. The van der Waals surface area contributed by atoms with Crippen molar-refractivity contribution in [1.82, 2.24) is 15.1 Å². The van der Waals surface area contributed by atoms with Gasteiger partial charge < -0.3 is 25.2 Å². The van der Waals surface area contributed by atoms with Crippen LogP contribution >= 0.6 is 0 Å². The lowest BCUT2D eigenvalue weighted by Gasteiger charge is -2.32. The first-order valence-corrected chi connectivity index (χ1v) is 12.9. The normalized spacial score (nSPS) is 14.9. The van der Waals surface area contributed by atoms with E-state index in [2.05, 4.69) is 32.2 Å². The van der Waals surface area contributed by atoms with Crippen LogP contribution in [0.1, 0.15) is 27.9 Å². The number of carbonyl (C=O) groups is 1. The quantitative estimate of drug-likeness (QED) is 0.250. The summed E-state index contributed by atoms with van der Waals surface area (Å²) in [4.78, 5) is 17.4. The zero-order valence-corrected chi connectivity index (χ0v) is 21.9. The SMILES string of the molecule is CN1CCN(CCCNC(=O)c2cccc(Nc3cccc(/C=C/c4ccc(OC(F)(F)F)cc4)c3)c2)CC1. The number of hydrogen-bond acceptors (Lipinski definition) is 5. The van der Waals surface area contributed by atoms with Gasteiger partial charge in [-0.1, -0.05) is 42.5 Å². The van der Waals surface area contributed by atoms with Crippen molar-refractivity contribution in [2.75, 3.05) is 51.6 Å². The molecule has 1 aliphatic heterocycles. The van der Waals surface area contributed by atoms with E-state index in [1.165, 1.54) is 12.1 Å². The molecule has 3 aromatic carbocycles. The van der Waals surface area contributed by atoms with Crippen LogP contribution in [0.25, 0.3) is 12.2 Å². The minimum Gasteiger partial charge on any atom is -0.406 e. The molecule has 1 fully saturated rings. The van der Waals surface area contributed by atoms with Crippen LogP contribution in [0.3, 0.4) is 0 Å². The lowest BCUT2D eigenvalue weighted by molar-refractivity contribution is -0.274. The van der Waals surface area contributed by atoms with E-state index in [0.29, 0.717) is 12.1 Å². The number of anilines is 2. The Morgan fingerprint density at radius 2 is 1.56 bits per heavy atom. The summed E-state index contributed by atoms with van der Waals surface area (Å²) in [6.45, 7) is 5.94. The van der Waals surface area contributed by atoms with E-state index in [1.807, 2.05) is 54.6 Å². The molecule has 2 N–H and O–H groups in total. The predicted molar refractivity (Wildman–Crippen MR) is 149 cm³/mol. The maximum Gasteiger partial charge on any atom is 0.573 e. The summed E-state index contributed by atoms with van der Waals surface area (Å²) in [6.07, 6.45) is -0.111. The Morgan fingerprint density at radius 1 is 0.897 bits per heavy atom. The summed E-state index contributed by atoms with van der Waals surface area (Å²) in [5, 5.41) is 6.35. The van der Waals surface area contributed by atoms with E-state index in [0.717, 1.165) is 61.6 Å². The van der Waals surface area contributed by atoms with Crippen molar-refractivity contribution in [1.29, 1.82) is 0 Å². The number of likely N-dealkylation sites (N-methyl/N-ethyl adjacent to an activating group) is 1. The molecule has 9 heteroatoms. The van der Waals surface area contributed by atoms with Crippen LogP contribution in [-0.2, 0) is 0 Å². The maximum absolute atomic E-state index is 12.7. The number of rotatable bonds is 10. The number of amides is 1. The first kappa shape index (κ1) is 28.2. The molecular formula is C30H33F3N4O2. The fourth-order valence-electron chi connectivity index (χ4n) is 4.28. The number of halogens is 3. The van der Waals surface area contributed by atoms with Gasteiger partial charge in [0.1, 0.15) is 5.75 Å². The zero-order chi connectivity index (χ0) is 27.7. The molecule has 39 heavy (non-hydrogen) atoms. The summed E-state index contributed by atoms with van der Waals surface area (Å²) in [7, 11) is 2.14. The van der Waals surface area contributed by atoms with Crippen LogP contribution in [0.15, 0.2) is 72.8 Å². The first-order chi connectivity index (χ1) is 18.7. The molecule has 4 rings (SSSR count). The second kappa shape index (κ2) is 13.3. The predicted octanol–water partition coefficient (Wildman–Crippen LogP) is 5.87. The van der Waals surface area contributed by atoms with E-state index in [9.17, 15) is 18.0 Å². The highest BCUT2D eigenvalue weighted by atomic mass is 19.4. The lowest BCUT2D eigenvalue weighted by atomic mass is 10.1. The molecule has 206 valence electrons. The van der Waals surface area contributed by atoms with Crippen LogP contribution in [0.4, 0.5) is 24.5 Å². The van der Waals surface area contributed by atoms with E-state index >= 15 is 0 Å². The monoisotopic (exact) mass is 538 g/mol. The molecule has 0 aromatic heterocycles. The Labute approximate surface area is 227 Å². The van der Waals surface area contributed by atoms with E-state index in [4.69, 9.17) is 0 Å². The molecule has 0 radical (unpaired) electrons. The number of carbonyl (C=O) groups excluding carboxylic acids is 1. The molecule has 0 saturated carbocycles. The highest BCUT2D eigenvalue weighted by Crippen LogP contribution is 2.24. The molecule has 0 spiro atoms. The third kappa shape index (κ3) is 9.46. The number of ether oxygens (including phenoxy) is 1. The van der Waals surface area contributed by atoms with Gasteiger partial charge in [-0.15, -0.1) is 13.2 Å². The van der Waals surface area contributed by atoms with Gasteiger partial charge in [-0.25, -0.2) is 0 Å². The van der Waals surface area contributed by atoms with E-state index in [1.54, 1.807) is 18.2 Å². The van der Waals surface area contributed by atoms with Gasteiger partial charge in [0.25, 0.3) is 5.91 Å². The fraction of sp³-hybridized carbons (Fsp3) is 0.300. The van der Waals surface area contributed by atoms with Crippen molar-refractivity contribution in [3.8, 4) is 5.75 Å². The Balaban J connectivity index is 1.28. The van der Waals surface area contributed by atoms with Crippen molar-refractivity contribution in [2.24, 2.45) is 0 Å². The smallest absolute Gasteiger partial charge is 0.406 e. The third-order valence-electron chi connectivity index (χ3n) is 6.41. The van der Waals surface area contributed by atoms with Gasteiger partial charge in [0.15, 0.2) is 0 Å². The van der Waals surface area contributed by atoms with Gasteiger partial charge in [0.05, 0.1) is 0 Å². The van der Waals surface area contributed by atoms with Gasteiger partial charge in [-0.05, 0) is 73.6 Å². The highest BCUT2D eigenvalue weighted by Gasteiger charge is 2.30. The molecule has 0 atom stereocenters. The Hall–Kier alpha value is -3.82. The summed E-state index contributed by atoms with van der Waals surface area (Å²) in [5.41, 5.74) is 3.88. The molecule has 1 amide bonds. The zero-order valence-electron chi connectivity index (χ0n) is 21.9. The average Bonchev–Trinajstić information content (AvgIpc) is 2.91. The van der Waals surface area contributed by atoms with E-state index < -0.39 is 6.36 Å². The molecule has 3 aromatic rings. The van der Waals surface area contributed by atoms with Crippen molar-refractivity contribution in [3.05, 3.63) is 89.5 Å². The van der Waals surface area contributed by atoms with Gasteiger partial charge in [-0.2, -0.15) is 0 Å². The first-order valence-electron chi connectivity index (χ1n) is 12.9. The number of hydrogen-bond donors (Lipinski definition) is 2. The number of alkyl halides is 3. The standard InChI is InChI=1S/C30H33F3N4O2/c1-36-17-19-37(20-18-36)16-4-15-34-29(38)25-6-3-8-27(22-25)35-26-7-2-5-24(21-26)10-9-23-11-13-28(14-12-23)39-30(31,32)33/h2-3,5-14,21-22,35H,4,15-20H2,1H3,(H,34,38)/b10-9+. The summed E-state index contributed by atoms with van der Waals surface area (Å²) in [6, 6.07) is 20.7. The van der Waals surface area contributed by atoms with Crippen LogP contribution in [0, 0.1) is 0 Å². The molecule has 0 unspecified atom stereocenters. The molecule has 1 saturated heterocycles. The van der Waals surface area contributed by atoms with Crippen LogP contribution in [0.5, 0.6) is 5.75 Å². The third-order valence-corrected chi connectivity index (χ3v) is 6.41. The fourth-order valence-corrected chi connectivity index (χ4v) is 4.28. The Kier molecular flexibility index (Phi) is 9.62. The van der Waals surface area contributed by atoms with Gasteiger partial charge in [-0.3, -0.25) is 4.79 Å². The number of nitrogens with zero attached hydrogens (tertiary/aromatic N) is 2. The van der Waals surface area contributed by atoms with Crippen LogP contribution in [0.2, 0.25) is 0 Å². The van der Waals surface area contributed by atoms with Crippen molar-refractivity contribution >= 4 is 29.4 Å². The van der Waals surface area contributed by atoms with Gasteiger partial charge in [0, 0.05) is 49.7 Å².